The number of alkyl halides is 3. The summed E-state index contributed by atoms with van der Waals surface area (Å²) in [6.45, 7) is 10.1. The van der Waals surface area contributed by atoms with Crippen molar-refractivity contribution in [2.24, 2.45) is 0 Å². The van der Waals surface area contributed by atoms with E-state index in [1.54, 1.807) is 0 Å². The Balaban J connectivity index is 3.08. The topological polar surface area (TPSA) is 35.5 Å². The van der Waals surface area contributed by atoms with E-state index in [0.717, 1.165) is 12.1 Å². The first kappa shape index (κ1) is 17.5. The van der Waals surface area contributed by atoms with Gasteiger partial charge in [-0.25, -0.2) is 0 Å². The Hall–Kier alpha value is -1.50. The van der Waals surface area contributed by atoms with Crippen molar-refractivity contribution in [2.45, 2.75) is 45.3 Å². The second-order valence-corrected chi connectivity index (χ2v) is 11.0. The predicted molar refractivity (Wildman–Crippen MR) is 76.3 cm³/mol. The van der Waals surface area contributed by atoms with Crippen LogP contribution in [0.4, 0.5) is 13.2 Å². The van der Waals surface area contributed by atoms with E-state index in [2.05, 4.69) is 4.74 Å². The summed E-state index contributed by atoms with van der Waals surface area (Å²) in [5.41, 5.74) is 0.0431. The van der Waals surface area contributed by atoms with Gasteiger partial charge in [-0.15, -0.1) is 13.2 Å². The van der Waals surface area contributed by atoms with Gasteiger partial charge >= 0.3 is 6.36 Å². The molecule has 0 aliphatic heterocycles. The predicted octanol–water partition coefficient (Wildman–Crippen LogP) is 4.78. The number of aldehydes is 1. The number of halogens is 3. The average molecular weight is 320 g/mol. The number of hydrogen-bond donors (Lipinski definition) is 0. The lowest BCUT2D eigenvalue weighted by Gasteiger charge is -2.36. The molecule has 0 aliphatic carbocycles. The molecule has 0 spiro atoms. The summed E-state index contributed by atoms with van der Waals surface area (Å²) >= 11 is 0. The first-order valence-corrected chi connectivity index (χ1v) is 9.30. The van der Waals surface area contributed by atoms with E-state index in [-0.39, 0.29) is 16.4 Å². The summed E-state index contributed by atoms with van der Waals surface area (Å²) in [5.74, 6) is -0.154. The fourth-order valence-corrected chi connectivity index (χ4v) is 2.38. The van der Waals surface area contributed by atoms with Crippen LogP contribution in [-0.2, 0) is 0 Å². The Labute approximate surface area is 123 Å². The van der Waals surface area contributed by atoms with Crippen molar-refractivity contribution in [1.82, 2.24) is 0 Å². The largest absolute Gasteiger partial charge is 0.573 e. The van der Waals surface area contributed by atoms with E-state index in [0.29, 0.717) is 6.29 Å². The van der Waals surface area contributed by atoms with Gasteiger partial charge in [-0.2, -0.15) is 0 Å². The molecule has 0 aliphatic rings. The highest BCUT2D eigenvalue weighted by Crippen LogP contribution is 2.38. The average Bonchev–Trinajstić information content (AvgIpc) is 2.27. The molecule has 0 atom stereocenters. The van der Waals surface area contributed by atoms with Gasteiger partial charge in [0.15, 0.2) is 6.29 Å². The maximum atomic E-state index is 12.2. The van der Waals surface area contributed by atoms with Gasteiger partial charge in [0.2, 0.25) is 0 Å². The maximum absolute atomic E-state index is 12.2. The van der Waals surface area contributed by atoms with Gasteiger partial charge in [0, 0.05) is 0 Å². The molecule has 1 aromatic carbocycles. The van der Waals surface area contributed by atoms with Crippen LogP contribution in [-0.4, -0.2) is 21.0 Å². The molecule has 0 heterocycles. The minimum Gasteiger partial charge on any atom is -0.543 e. The highest BCUT2D eigenvalue weighted by molar-refractivity contribution is 6.74. The Morgan fingerprint density at radius 3 is 2.14 bits per heavy atom. The molecule has 118 valence electrons. The molecule has 0 fully saturated rings. The van der Waals surface area contributed by atoms with E-state index in [4.69, 9.17) is 4.43 Å². The van der Waals surface area contributed by atoms with Gasteiger partial charge in [-0.05, 0) is 36.3 Å². The molecule has 1 aromatic rings. The van der Waals surface area contributed by atoms with Crippen molar-refractivity contribution in [3.05, 3.63) is 23.8 Å². The van der Waals surface area contributed by atoms with Crippen LogP contribution in [0, 0.1) is 0 Å². The van der Waals surface area contributed by atoms with E-state index in [9.17, 15) is 18.0 Å². The van der Waals surface area contributed by atoms with Crippen LogP contribution in [0.3, 0.4) is 0 Å². The summed E-state index contributed by atoms with van der Waals surface area (Å²) in [6, 6.07) is 3.51. The molecule has 3 nitrogen and oxygen atoms in total. The molecule has 21 heavy (non-hydrogen) atoms. The lowest BCUT2D eigenvalue weighted by molar-refractivity contribution is -0.274. The highest BCUT2D eigenvalue weighted by Gasteiger charge is 2.39. The van der Waals surface area contributed by atoms with E-state index < -0.39 is 20.4 Å². The van der Waals surface area contributed by atoms with Gasteiger partial charge in [-0.1, -0.05) is 20.8 Å². The Morgan fingerprint density at radius 1 is 1.14 bits per heavy atom. The van der Waals surface area contributed by atoms with Crippen LogP contribution in [0.5, 0.6) is 11.5 Å². The molecule has 0 bridgehead atoms. The molecule has 0 aromatic heterocycles. The van der Waals surface area contributed by atoms with Crippen molar-refractivity contribution in [3.63, 3.8) is 0 Å². The summed E-state index contributed by atoms with van der Waals surface area (Å²) in [4.78, 5) is 11.1. The molecule has 0 amide bonds. The van der Waals surface area contributed by atoms with Gasteiger partial charge in [0.05, 0.1) is 5.56 Å². The van der Waals surface area contributed by atoms with E-state index >= 15 is 0 Å². The van der Waals surface area contributed by atoms with Crippen LogP contribution in [0.15, 0.2) is 18.2 Å². The van der Waals surface area contributed by atoms with Crippen LogP contribution in [0.25, 0.3) is 0 Å². The Bertz CT molecular complexity index is 519. The number of benzene rings is 1. The summed E-state index contributed by atoms with van der Waals surface area (Å²) < 4.78 is 46.2. The molecule has 1 rings (SSSR count). The van der Waals surface area contributed by atoms with Crippen LogP contribution in [0.1, 0.15) is 31.1 Å². The number of hydrogen-bond acceptors (Lipinski definition) is 3. The van der Waals surface area contributed by atoms with Gasteiger partial charge in [-0.3, -0.25) is 4.79 Å². The smallest absolute Gasteiger partial charge is 0.543 e. The summed E-state index contributed by atoms with van der Waals surface area (Å²) in [6.07, 6.45) is -4.33. The molecular formula is C14H19F3O3Si. The van der Waals surface area contributed by atoms with Crippen molar-refractivity contribution in [1.29, 1.82) is 0 Å². The fraction of sp³-hybridized carbons (Fsp3) is 0.500. The number of carbonyl (C=O) groups excluding carboxylic acids is 1. The molecule has 0 N–H and O–H groups in total. The van der Waals surface area contributed by atoms with Crippen LogP contribution >= 0.6 is 0 Å². The second-order valence-electron chi connectivity index (χ2n) is 6.23. The van der Waals surface area contributed by atoms with Crippen molar-refractivity contribution in [2.75, 3.05) is 0 Å². The van der Waals surface area contributed by atoms with Crippen molar-refractivity contribution < 1.29 is 27.1 Å². The van der Waals surface area contributed by atoms with E-state index in [1.807, 2.05) is 33.9 Å². The zero-order valence-corrected chi connectivity index (χ0v) is 13.7. The third kappa shape index (κ3) is 4.77. The highest BCUT2D eigenvalue weighted by atomic mass is 28.4. The zero-order chi connectivity index (χ0) is 16.5. The quantitative estimate of drug-likeness (QED) is 0.591. The summed E-state index contributed by atoms with van der Waals surface area (Å²) in [7, 11) is -2.18. The van der Waals surface area contributed by atoms with Gasteiger partial charge in [0.25, 0.3) is 8.32 Å². The molecule has 7 heteroatoms. The lowest BCUT2D eigenvalue weighted by atomic mass is 10.2. The first-order chi connectivity index (χ1) is 9.36. The molecule has 0 saturated heterocycles. The standard InChI is InChI=1S/C14H19F3O3Si/c1-13(2,3)21(4,5)20-12-7-6-11(8-10(12)9-18)19-14(15,16)17/h6-9H,1-5H3. The second kappa shape index (κ2) is 5.71. The number of ether oxygens (including phenoxy) is 1. The minimum absolute atomic E-state index is 0.0431. The van der Waals surface area contributed by atoms with Crippen molar-refractivity contribution in [3.8, 4) is 11.5 Å². The SMILES string of the molecule is CC(C)(C)[Si](C)(C)Oc1ccc(OC(F)(F)F)cc1C=O. The molecule has 0 unspecified atom stereocenters. The third-order valence-corrected chi connectivity index (χ3v) is 7.86. The Morgan fingerprint density at radius 2 is 1.71 bits per heavy atom. The lowest BCUT2D eigenvalue weighted by Crippen LogP contribution is -2.44. The maximum Gasteiger partial charge on any atom is 0.573 e. The molecular weight excluding hydrogens is 301 g/mol. The van der Waals surface area contributed by atoms with Gasteiger partial charge < -0.3 is 9.16 Å². The molecule has 0 saturated carbocycles. The first-order valence-electron chi connectivity index (χ1n) is 6.40. The van der Waals surface area contributed by atoms with E-state index in [1.165, 1.54) is 6.07 Å². The third-order valence-electron chi connectivity index (χ3n) is 3.51. The monoisotopic (exact) mass is 320 g/mol. The van der Waals surface area contributed by atoms with Crippen LogP contribution < -0.4 is 9.16 Å². The fourth-order valence-electron chi connectivity index (χ4n) is 1.34. The van der Waals surface area contributed by atoms with Crippen LogP contribution in [0.2, 0.25) is 18.1 Å². The normalized spacial score (nSPS) is 13.0. The number of rotatable bonds is 4. The number of carbonyl (C=O) groups is 1. The van der Waals surface area contributed by atoms with Crippen molar-refractivity contribution >= 4 is 14.6 Å². The Kier molecular flexibility index (Phi) is 4.77. The zero-order valence-electron chi connectivity index (χ0n) is 12.7. The van der Waals surface area contributed by atoms with Gasteiger partial charge in [0.1, 0.15) is 11.5 Å². The minimum atomic E-state index is -4.79. The molecule has 0 radical (unpaired) electrons. The summed E-state index contributed by atoms with van der Waals surface area (Å²) in [5, 5.41) is -0.0890.